The summed E-state index contributed by atoms with van der Waals surface area (Å²) in [6.45, 7) is 0. The first-order valence-corrected chi connectivity index (χ1v) is 14.2. The molecule has 1 aliphatic rings. The van der Waals surface area contributed by atoms with Crippen molar-refractivity contribution in [2.75, 3.05) is 7.11 Å². The summed E-state index contributed by atoms with van der Waals surface area (Å²) in [4.78, 5) is 12.7. The van der Waals surface area contributed by atoms with Gasteiger partial charge in [0.25, 0.3) is 0 Å². The molecule has 1 saturated heterocycles. The molecule has 1 fully saturated rings. The fourth-order valence-corrected chi connectivity index (χ4v) is 11.7. The van der Waals surface area contributed by atoms with Crippen molar-refractivity contribution in [1.29, 1.82) is 0 Å². The standard InChI is InChI=1S/C16H22N2O3Se2/c1-21-15-10-12(6-7-14(15)19)11-17-18-16(20)5-3-2-4-13-8-9-22-23-13/h6-7,10-11,13,19H,2-5,8-9H2,1H3,(H,18,20)/b17-11+. The Labute approximate surface area is 148 Å². The summed E-state index contributed by atoms with van der Waals surface area (Å²) in [5.74, 6) is 0.418. The third-order valence-electron chi connectivity index (χ3n) is 3.51. The van der Waals surface area contributed by atoms with Crippen molar-refractivity contribution in [2.45, 2.75) is 42.2 Å². The number of benzene rings is 1. The summed E-state index contributed by atoms with van der Waals surface area (Å²) >= 11 is 1.85. The van der Waals surface area contributed by atoms with Crippen LogP contribution in [-0.4, -0.2) is 50.6 Å². The minimum Gasteiger partial charge on any atom is -0.504 e. The Morgan fingerprint density at radius 1 is 1.52 bits per heavy atom. The molecule has 1 amide bonds. The second kappa shape index (κ2) is 9.99. The number of aromatic hydroxyl groups is 1. The fraction of sp³-hybridized carbons (Fsp3) is 0.500. The molecule has 0 aliphatic carbocycles. The third kappa shape index (κ3) is 6.56. The number of rotatable bonds is 8. The van der Waals surface area contributed by atoms with Gasteiger partial charge in [-0.1, -0.05) is 0 Å². The van der Waals surface area contributed by atoms with E-state index in [4.69, 9.17) is 4.74 Å². The molecule has 1 aromatic rings. The summed E-state index contributed by atoms with van der Waals surface area (Å²) < 4.78 is 5.02. The van der Waals surface area contributed by atoms with Crippen LogP contribution < -0.4 is 10.2 Å². The van der Waals surface area contributed by atoms with Crippen LogP contribution in [0, 0.1) is 0 Å². The van der Waals surface area contributed by atoms with Crippen LogP contribution >= 0.6 is 0 Å². The summed E-state index contributed by atoms with van der Waals surface area (Å²) in [6.07, 6.45) is 6.88. The van der Waals surface area contributed by atoms with Crippen molar-refractivity contribution in [1.82, 2.24) is 5.43 Å². The van der Waals surface area contributed by atoms with Gasteiger partial charge in [0, 0.05) is 0 Å². The Kier molecular flexibility index (Phi) is 7.96. The minimum absolute atomic E-state index is 0.0480. The molecule has 0 aromatic heterocycles. The van der Waals surface area contributed by atoms with Gasteiger partial charge in [-0.05, 0) is 0 Å². The zero-order chi connectivity index (χ0) is 16.5. The number of amides is 1. The molecule has 126 valence electrons. The van der Waals surface area contributed by atoms with E-state index in [0.717, 1.165) is 49.5 Å². The number of nitrogens with one attached hydrogen (secondary N) is 1. The Hall–Kier alpha value is -1.00. The monoisotopic (exact) mass is 450 g/mol. The van der Waals surface area contributed by atoms with Crippen LogP contribution in [0.4, 0.5) is 0 Å². The Morgan fingerprint density at radius 2 is 2.39 bits per heavy atom. The molecule has 1 aromatic carbocycles. The molecule has 0 spiro atoms. The number of methoxy groups -OCH3 is 1. The van der Waals surface area contributed by atoms with E-state index in [9.17, 15) is 9.90 Å². The SMILES string of the molecule is COc1cc(/C=N/NC(=O)CCCCC2CC[Se][Se]2)ccc1O. The number of hydrazone groups is 1. The Morgan fingerprint density at radius 3 is 3.13 bits per heavy atom. The average Bonchev–Trinajstić information content (AvgIpc) is 3.06. The Bertz CT molecular complexity index is 546. The number of unbranched alkanes of at least 4 members (excludes halogenated alkanes) is 1. The zero-order valence-electron chi connectivity index (χ0n) is 13.2. The smallest absolute Gasteiger partial charge is 0.504 e. The van der Waals surface area contributed by atoms with Gasteiger partial charge in [0.1, 0.15) is 0 Å². The second-order valence-corrected chi connectivity index (χ2v) is 13.1. The summed E-state index contributed by atoms with van der Waals surface area (Å²) in [5, 5.41) is 14.9. The molecule has 1 unspecified atom stereocenters. The summed E-state index contributed by atoms with van der Waals surface area (Å²) in [6, 6.07) is 4.90. The van der Waals surface area contributed by atoms with E-state index in [1.54, 1.807) is 18.3 Å². The van der Waals surface area contributed by atoms with Gasteiger partial charge in [0.15, 0.2) is 5.75 Å². The van der Waals surface area contributed by atoms with Crippen LogP contribution in [0.3, 0.4) is 0 Å². The number of phenols is 1. The van der Waals surface area contributed by atoms with Crippen molar-refractivity contribution < 1.29 is 14.6 Å². The van der Waals surface area contributed by atoms with Crippen molar-refractivity contribution in [3.05, 3.63) is 23.8 Å². The molecule has 1 atom stereocenters. The third-order valence-corrected chi connectivity index (χ3v) is 12.5. The number of nitrogens with zero attached hydrogens (tertiary/aromatic N) is 1. The maximum absolute atomic E-state index is 11.7. The van der Waals surface area contributed by atoms with Crippen LogP contribution in [0.5, 0.6) is 11.5 Å². The van der Waals surface area contributed by atoms with Crippen molar-refractivity contribution >= 4 is 38.4 Å². The average molecular weight is 448 g/mol. The molecule has 5 nitrogen and oxygen atoms in total. The molecule has 7 heteroatoms. The van der Waals surface area contributed by atoms with Gasteiger partial charge in [-0.25, -0.2) is 0 Å². The molecular formula is C16H22N2O3Se2. The maximum atomic E-state index is 11.7. The summed E-state index contributed by atoms with van der Waals surface area (Å²) in [5.41, 5.74) is 3.30. The van der Waals surface area contributed by atoms with Gasteiger partial charge in [0.05, 0.1) is 7.11 Å². The van der Waals surface area contributed by atoms with E-state index in [1.807, 2.05) is 0 Å². The number of hydrogen-bond acceptors (Lipinski definition) is 4. The van der Waals surface area contributed by atoms with E-state index in [1.165, 1.54) is 31.3 Å². The van der Waals surface area contributed by atoms with Crippen LogP contribution in [0.2, 0.25) is 10.1 Å². The zero-order valence-corrected chi connectivity index (χ0v) is 16.6. The molecule has 0 saturated carbocycles. The van der Waals surface area contributed by atoms with Crippen LogP contribution in [0.1, 0.15) is 37.7 Å². The van der Waals surface area contributed by atoms with E-state index in [-0.39, 0.29) is 11.7 Å². The molecule has 1 aliphatic heterocycles. The van der Waals surface area contributed by atoms with Gasteiger partial charge >= 0.3 is 125 Å². The van der Waals surface area contributed by atoms with Crippen molar-refractivity contribution in [3.8, 4) is 11.5 Å². The van der Waals surface area contributed by atoms with E-state index >= 15 is 0 Å². The van der Waals surface area contributed by atoms with Gasteiger partial charge < -0.3 is 9.84 Å². The molecule has 23 heavy (non-hydrogen) atoms. The number of carbonyl (C=O) groups is 1. The predicted octanol–water partition coefficient (Wildman–Crippen LogP) is 2.35. The first-order valence-electron chi connectivity index (χ1n) is 7.66. The first kappa shape index (κ1) is 18.3. The molecule has 0 radical (unpaired) electrons. The number of carbonyl (C=O) groups excluding carboxylic acids is 1. The van der Waals surface area contributed by atoms with Crippen LogP contribution in [0.15, 0.2) is 23.3 Å². The molecule has 2 rings (SSSR count). The normalized spacial score (nSPS) is 17.5. The van der Waals surface area contributed by atoms with Gasteiger partial charge in [-0.2, -0.15) is 0 Å². The van der Waals surface area contributed by atoms with Gasteiger partial charge in [0.2, 0.25) is 0 Å². The van der Waals surface area contributed by atoms with Crippen molar-refractivity contribution in [3.63, 3.8) is 0 Å². The minimum atomic E-state index is -0.0480. The number of ether oxygens (including phenoxy) is 1. The quantitative estimate of drug-likeness (QED) is 0.278. The molecule has 2 N–H and O–H groups in total. The van der Waals surface area contributed by atoms with Crippen LogP contribution in [-0.2, 0) is 4.79 Å². The second-order valence-electron chi connectivity index (χ2n) is 5.30. The number of hydrogen-bond donors (Lipinski definition) is 2. The molecular weight excluding hydrogens is 426 g/mol. The van der Waals surface area contributed by atoms with Gasteiger partial charge in [-0.15, -0.1) is 0 Å². The van der Waals surface area contributed by atoms with Crippen LogP contribution in [0.25, 0.3) is 0 Å². The predicted molar refractivity (Wildman–Crippen MR) is 93.5 cm³/mol. The van der Waals surface area contributed by atoms with Crippen molar-refractivity contribution in [2.24, 2.45) is 5.10 Å². The summed E-state index contributed by atoms with van der Waals surface area (Å²) in [7, 11) is 1.49. The topological polar surface area (TPSA) is 70.9 Å². The fourth-order valence-electron chi connectivity index (χ4n) is 2.23. The van der Waals surface area contributed by atoms with Gasteiger partial charge in [-0.3, -0.25) is 0 Å². The van der Waals surface area contributed by atoms with E-state index in [2.05, 4.69) is 10.5 Å². The number of phenolic OH excluding ortho intramolecular Hbond substituents is 1. The Balaban J connectivity index is 1.65. The van der Waals surface area contributed by atoms with E-state index < -0.39 is 0 Å². The molecule has 1 heterocycles. The molecule has 0 bridgehead atoms. The van der Waals surface area contributed by atoms with E-state index in [0.29, 0.717) is 12.2 Å². The first-order chi connectivity index (χ1) is 11.2.